The number of thiazole rings is 1. The minimum Gasteiger partial charge on any atom is -0.497 e. The highest BCUT2D eigenvalue weighted by atomic mass is 32.1. The van der Waals surface area contributed by atoms with E-state index in [-0.39, 0.29) is 18.4 Å². The van der Waals surface area contributed by atoms with E-state index in [1.54, 1.807) is 29.8 Å². The Balaban J connectivity index is 2.16. The second-order valence-corrected chi connectivity index (χ2v) is 7.26. The lowest BCUT2D eigenvalue weighted by Gasteiger charge is -2.23. The topological polar surface area (TPSA) is 84.0 Å². The second kappa shape index (κ2) is 10.6. The zero-order valence-corrected chi connectivity index (χ0v) is 17.4. The molecule has 1 N–H and O–H groups in total. The van der Waals surface area contributed by atoms with Gasteiger partial charge >= 0.3 is 0 Å². The summed E-state index contributed by atoms with van der Waals surface area (Å²) in [5, 5.41) is 5.00. The fourth-order valence-electron chi connectivity index (χ4n) is 2.56. The summed E-state index contributed by atoms with van der Waals surface area (Å²) in [6.07, 6.45) is 2.35. The fraction of sp³-hybridized carbons (Fsp3) is 0.421. The molecule has 0 radical (unpaired) electrons. The van der Waals surface area contributed by atoms with E-state index in [1.807, 2.05) is 19.0 Å². The van der Waals surface area contributed by atoms with E-state index in [2.05, 4.69) is 10.3 Å². The number of aromatic nitrogens is 1. The van der Waals surface area contributed by atoms with Gasteiger partial charge in [-0.25, -0.2) is 4.98 Å². The van der Waals surface area contributed by atoms with Crippen molar-refractivity contribution in [2.75, 3.05) is 53.3 Å². The van der Waals surface area contributed by atoms with Gasteiger partial charge in [0.05, 0.1) is 14.2 Å². The summed E-state index contributed by atoms with van der Waals surface area (Å²) in [5.74, 6) is 0.486. The Kier molecular flexibility index (Phi) is 8.21. The van der Waals surface area contributed by atoms with Crippen molar-refractivity contribution in [2.45, 2.75) is 6.42 Å². The van der Waals surface area contributed by atoms with Crippen molar-refractivity contribution in [3.8, 4) is 11.5 Å². The highest BCUT2D eigenvalue weighted by molar-refractivity contribution is 7.13. The van der Waals surface area contributed by atoms with Crippen LogP contribution in [0.15, 0.2) is 29.8 Å². The summed E-state index contributed by atoms with van der Waals surface area (Å²) >= 11 is 1.33. The number of rotatable bonds is 10. The van der Waals surface area contributed by atoms with Crippen LogP contribution in [0.3, 0.4) is 0 Å². The first-order valence-electron chi connectivity index (χ1n) is 8.79. The van der Waals surface area contributed by atoms with Crippen molar-refractivity contribution < 1.29 is 19.1 Å². The van der Waals surface area contributed by atoms with Gasteiger partial charge in [0.1, 0.15) is 18.0 Å². The summed E-state index contributed by atoms with van der Waals surface area (Å²) in [7, 11) is 6.99. The Labute approximate surface area is 169 Å². The first-order valence-corrected chi connectivity index (χ1v) is 9.67. The average molecular weight is 407 g/mol. The predicted molar refractivity (Wildman–Crippen MR) is 109 cm³/mol. The van der Waals surface area contributed by atoms with Gasteiger partial charge < -0.3 is 24.6 Å². The molecule has 0 aliphatic carbocycles. The van der Waals surface area contributed by atoms with Crippen molar-refractivity contribution in [3.05, 3.63) is 35.3 Å². The van der Waals surface area contributed by atoms with E-state index in [0.29, 0.717) is 28.7 Å². The number of amides is 2. The van der Waals surface area contributed by atoms with Gasteiger partial charge in [-0.3, -0.25) is 9.59 Å². The number of carbonyl (C=O) groups excluding carboxylic acids is 2. The minimum atomic E-state index is -0.289. The molecule has 28 heavy (non-hydrogen) atoms. The molecule has 1 aromatic carbocycles. The quantitative estimate of drug-likeness (QED) is 0.651. The van der Waals surface area contributed by atoms with Crippen LogP contribution in [0.2, 0.25) is 0 Å². The lowest BCUT2D eigenvalue weighted by molar-refractivity contribution is -0.116. The third-order valence-electron chi connectivity index (χ3n) is 3.93. The summed E-state index contributed by atoms with van der Waals surface area (Å²) < 4.78 is 10.5. The highest BCUT2D eigenvalue weighted by Gasteiger charge is 2.21. The number of nitrogens with zero attached hydrogens (tertiary/aromatic N) is 3. The van der Waals surface area contributed by atoms with Gasteiger partial charge in [-0.1, -0.05) is 0 Å². The maximum Gasteiger partial charge on any atom is 0.254 e. The van der Waals surface area contributed by atoms with E-state index in [4.69, 9.17) is 9.47 Å². The Morgan fingerprint density at radius 2 is 1.79 bits per heavy atom. The maximum atomic E-state index is 13.1. The average Bonchev–Trinajstić information content (AvgIpc) is 3.18. The van der Waals surface area contributed by atoms with E-state index < -0.39 is 0 Å². The van der Waals surface area contributed by atoms with Gasteiger partial charge in [-0.05, 0) is 39.2 Å². The molecule has 2 amide bonds. The number of anilines is 1. The van der Waals surface area contributed by atoms with Crippen LogP contribution in [0.1, 0.15) is 16.8 Å². The molecular formula is C19H26N4O4S. The molecule has 2 rings (SSSR count). The number of benzene rings is 1. The first kappa shape index (κ1) is 21.6. The van der Waals surface area contributed by atoms with Crippen LogP contribution >= 0.6 is 11.3 Å². The van der Waals surface area contributed by atoms with E-state index in [9.17, 15) is 9.59 Å². The van der Waals surface area contributed by atoms with Crippen LogP contribution in [-0.4, -0.2) is 74.5 Å². The third-order valence-corrected chi connectivity index (χ3v) is 4.62. The van der Waals surface area contributed by atoms with Gasteiger partial charge in [0, 0.05) is 29.8 Å². The molecule has 152 valence electrons. The normalized spacial score (nSPS) is 10.6. The zero-order chi connectivity index (χ0) is 20.5. The number of carbonyl (C=O) groups is 2. The van der Waals surface area contributed by atoms with E-state index in [1.165, 1.54) is 30.5 Å². The smallest absolute Gasteiger partial charge is 0.254 e. The van der Waals surface area contributed by atoms with Crippen molar-refractivity contribution in [2.24, 2.45) is 0 Å². The standard InChI is InChI=1S/C19H26N4O4S/c1-22(2)7-5-8-23(13-17(24)21-19-20-6-9-28-19)18(25)14-10-15(26-3)12-16(11-14)27-4/h6,9-12H,5,7-8,13H2,1-4H3,(H,20,21,24). The molecule has 0 spiro atoms. The molecule has 8 nitrogen and oxygen atoms in total. The summed E-state index contributed by atoms with van der Waals surface area (Å²) in [6.45, 7) is 1.19. The number of hydrogen-bond acceptors (Lipinski definition) is 7. The minimum absolute atomic E-state index is 0.0641. The molecule has 0 bridgehead atoms. The van der Waals surface area contributed by atoms with Gasteiger partial charge in [-0.15, -0.1) is 11.3 Å². The summed E-state index contributed by atoms with van der Waals surface area (Å²) in [4.78, 5) is 33.1. The number of nitrogens with one attached hydrogen (secondary N) is 1. The van der Waals surface area contributed by atoms with Crippen molar-refractivity contribution in [3.63, 3.8) is 0 Å². The molecule has 0 saturated carbocycles. The van der Waals surface area contributed by atoms with Gasteiger partial charge in [0.25, 0.3) is 5.91 Å². The summed E-state index contributed by atoms with van der Waals surface area (Å²) in [6, 6.07) is 4.98. The number of methoxy groups -OCH3 is 2. The zero-order valence-electron chi connectivity index (χ0n) is 16.6. The molecular weight excluding hydrogens is 380 g/mol. The molecule has 0 unspecified atom stereocenters. The molecule has 0 atom stereocenters. The van der Waals surface area contributed by atoms with E-state index >= 15 is 0 Å². The Morgan fingerprint density at radius 1 is 1.11 bits per heavy atom. The lowest BCUT2D eigenvalue weighted by atomic mass is 10.1. The van der Waals surface area contributed by atoms with Crippen LogP contribution in [-0.2, 0) is 4.79 Å². The Hall–Kier alpha value is -2.65. The molecule has 9 heteroatoms. The van der Waals surface area contributed by atoms with Gasteiger partial charge in [-0.2, -0.15) is 0 Å². The van der Waals surface area contributed by atoms with Gasteiger partial charge in [0.2, 0.25) is 5.91 Å². The van der Waals surface area contributed by atoms with Crippen molar-refractivity contribution in [1.82, 2.24) is 14.8 Å². The Morgan fingerprint density at radius 3 is 2.32 bits per heavy atom. The van der Waals surface area contributed by atoms with Crippen LogP contribution in [0, 0.1) is 0 Å². The SMILES string of the molecule is COc1cc(OC)cc(C(=O)N(CCCN(C)C)CC(=O)Nc2nccs2)c1. The van der Waals surface area contributed by atoms with Gasteiger partial charge in [0.15, 0.2) is 5.13 Å². The second-order valence-electron chi connectivity index (χ2n) is 6.37. The van der Waals surface area contributed by atoms with Crippen LogP contribution in [0.4, 0.5) is 5.13 Å². The molecule has 0 fully saturated rings. The molecule has 1 aromatic heterocycles. The monoisotopic (exact) mass is 406 g/mol. The molecule has 0 aliphatic rings. The maximum absolute atomic E-state index is 13.1. The largest absolute Gasteiger partial charge is 0.497 e. The molecule has 1 heterocycles. The van der Waals surface area contributed by atoms with Crippen LogP contribution in [0.5, 0.6) is 11.5 Å². The van der Waals surface area contributed by atoms with Crippen LogP contribution in [0.25, 0.3) is 0 Å². The van der Waals surface area contributed by atoms with E-state index in [0.717, 1.165) is 13.0 Å². The lowest BCUT2D eigenvalue weighted by Crippen LogP contribution is -2.39. The summed E-state index contributed by atoms with van der Waals surface area (Å²) in [5.41, 5.74) is 0.406. The highest BCUT2D eigenvalue weighted by Crippen LogP contribution is 2.23. The molecule has 0 aliphatic heterocycles. The number of ether oxygens (including phenoxy) is 2. The van der Waals surface area contributed by atoms with Crippen molar-refractivity contribution >= 4 is 28.3 Å². The fourth-order valence-corrected chi connectivity index (χ4v) is 3.11. The van der Waals surface area contributed by atoms with Crippen molar-refractivity contribution in [1.29, 1.82) is 0 Å². The number of hydrogen-bond donors (Lipinski definition) is 1. The predicted octanol–water partition coefficient (Wildman–Crippen LogP) is 2.19. The third kappa shape index (κ3) is 6.50. The molecule has 2 aromatic rings. The molecule has 0 saturated heterocycles. The van der Waals surface area contributed by atoms with Crippen LogP contribution < -0.4 is 14.8 Å². The Bertz CT molecular complexity index is 758. The first-order chi connectivity index (χ1) is 13.4.